The number of rotatable bonds is 7. The zero-order valence-electron chi connectivity index (χ0n) is 32.2. The fourth-order valence-corrected chi connectivity index (χ4v) is 10.5. The monoisotopic (exact) mass is 764 g/mol. The molecule has 4 fully saturated rings. The predicted molar refractivity (Wildman–Crippen MR) is 203 cm³/mol. The molecule has 4 bridgehead atoms. The van der Waals surface area contributed by atoms with Crippen molar-refractivity contribution in [1.29, 1.82) is 0 Å². The van der Waals surface area contributed by atoms with Crippen LogP contribution in [0, 0.1) is 30.1 Å². The molecule has 13 heteroatoms. The van der Waals surface area contributed by atoms with E-state index in [0.717, 1.165) is 67.7 Å². The van der Waals surface area contributed by atoms with Crippen LogP contribution in [0.1, 0.15) is 115 Å². The number of hydrogen-bond donors (Lipinski definition) is 2. The van der Waals surface area contributed by atoms with Gasteiger partial charge in [-0.15, -0.1) is 0 Å². The highest BCUT2D eigenvalue weighted by Gasteiger charge is 2.62. The number of hydrogen-bond acceptors (Lipinski definition) is 9. The normalized spacial score (nSPS) is 29.5. The number of nitrogens with zero attached hydrogens (tertiary/aromatic N) is 2. The van der Waals surface area contributed by atoms with Gasteiger partial charge in [0.15, 0.2) is 0 Å². The number of sulfonamides is 1. The van der Waals surface area contributed by atoms with Crippen molar-refractivity contribution in [1.82, 2.24) is 19.9 Å². The molecule has 5 atom stereocenters. The van der Waals surface area contributed by atoms with Gasteiger partial charge in [0.05, 0.1) is 30.7 Å². The number of amides is 3. The first-order valence-electron chi connectivity index (χ1n) is 20.1. The van der Waals surface area contributed by atoms with Crippen LogP contribution in [0.4, 0.5) is 0 Å². The zero-order chi connectivity index (χ0) is 38.4. The molecule has 0 radical (unpaired) electrons. The second kappa shape index (κ2) is 15.1. The standard InChI is InChI=1S/C41H56N4O8S/c1-5-29-22-41(29,39(49)44-54(50,51)31-13-14-31)43-36(47)34-20-30-23-45(34)38(48)33(26-10-7-6-8-11-26)21-35(46)52-24-40(3,4)16-9-12-27-19-32-28(18-25(27)2)15-17-42-37(32)53-30/h15,17-19,26,29-31,33-34H,5-14,16,20-24H2,1-4H3,(H,43,47)(H,44,49)/t29-,30-,33+,34+,41-/m1/s1. The van der Waals surface area contributed by atoms with Gasteiger partial charge in [0.1, 0.15) is 17.7 Å². The number of carbonyl (C=O) groups excluding carboxylic acids is 4. The van der Waals surface area contributed by atoms with Gasteiger partial charge in [-0.05, 0) is 104 Å². The van der Waals surface area contributed by atoms with Crippen LogP contribution in [-0.4, -0.2) is 78.1 Å². The lowest BCUT2D eigenvalue weighted by Gasteiger charge is -2.34. The fraction of sp³-hybridized carbons (Fsp3) is 0.683. The average molecular weight is 765 g/mol. The van der Waals surface area contributed by atoms with E-state index >= 15 is 0 Å². The Bertz CT molecular complexity index is 1910. The number of benzene rings is 1. The van der Waals surface area contributed by atoms with E-state index in [2.05, 4.69) is 47.9 Å². The maximum absolute atomic E-state index is 14.9. The first-order valence-corrected chi connectivity index (χ1v) is 21.6. The number of nitrogens with one attached hydrogen (secondary N) is 2. The second-order valence-electron chi connectivity index (χ2n) is 17.4. The van der Waals surface area contributed by atoms with Gasteiger partial charge < -0.3 is 19.7 Å². The highest BCUT2D eigenvalue weighted by atomic mass is 32.2. The molecule has 3 aliphatic carbocycles. The summed E-state index contributed by atoms with van der Waals surface area (Å²) < 4.78 is 40.3. The lowest BCUT2D eigenvalue weighted by molar-refractivity contribution is -0.154. The Morgan fingerprint density at radius 2 is 1.81 bits per heavy atom. The lowest BCUT2D eigenvalue weighted by Crippen LogP contribution is -2.57. The molecule has 2 aromatic rings. The van der Waals surface area contributed by atoms with Crippen LogP contribution < -0.4 is 14.8 Å². The van der Waals surface area contributed by atoms with Gasteiger partial charge >= 0.3 is 5.97 Å². The molecule has 3 saturated carbocycles. The van der Waals surface area contributed by atoms with Crippen LogP contribution in [0.2, 0.25) is 0 Å². The van der Waals surface area contributed by atoms with E-state index in [9.17, 15) is 27.6 Å². The van der Waals surface area contributed by atoms with Crippen LogP contribution >= 0.6 is 0 Å². The summed E-state index contributed by atoms with van der Waals surface area (Å²) >= 11 is 0. The average Bonchev–Trinajstić information content (AvgIpc) is 4.07. The molecule has 1 saturated heterocycles. The van der Waals surface area contributed by atoms with Gasteiger partial charge in [-0.3, -0.25) is 23.9 Å². The van der Waals surface area contributed by atoms with Crippen LogP contribution in [0.15, 0.2) is 24.4 Å². The fourth-order valence-electron chi connectivity index (χ4n) is 9.09. The zero-order valence-corrected chi connectivity index (χ0v) is 33.0. The quantitative estimate of drug-likeness (QED) is 0.358. The van der Waals surface area contributed by atoms with E-state index in [-0.39, 0.29) is 49.2 Å². The number of aromatic nitrogens is 1. The van der Waals surface area contributed by atoms with Crippen molar-refractivity contribution in [3.63, 3.8) is 0 Å². The molecular formula is C41H56N4O8S. The van der Waals surface area contributed by atoms with Crippen LogP contribution in [0.5, 0.6) is 5.88 Å². The van der Waals surface area contributed by atoms with Crippen molar-refractivity contribution in [3.05, 3.63) is 35.5 Å². The van der Waals surface area contributed by atoms with E-state index in [1.165, 1.54) is 10.5 Å². The molecule has 1 aromatic carbocycles. The van der Waals surface area contributed by atoms with Crippen molar-refractivity contribution in [2.45, 2.75) is 141 Å². The Kier molecular flexibility index (Phi) is 10.8. The molecule has 3 heterocycles. The van der Waals surface area contributed by atoms with E-state index in [1.54, 1.807) is 6.20 Å². The number of pyridine rings is 1. The molecular weight excluding hydrogens is 709 g/mol. The Morgan fingerprint density at radius 1 is 1.06 bits per heavy atom. The summed E-state index contributed by atoms with van der Waals surface area (Å²) in [5.41, 5.74) is 0.678. The molecule has 2 aliphatic heterocycles. The molecule has 1 aromatic heterocycles. The van der Waals surface area contributed by atoms with E-state index in [0.29, 0.717) is 31.6 Å². The van der Waals surface area contributed by atoms with Crippen molar-refractivity contribution in [2.24, 2.45) is 23.2 Å². The molecule has 12 nitrogen and oxygen atoms in total. The minimum absolute atomic E-state index is 0.0415. The molecule has 5 aliphatic rings. The second-order valence-corrected chi connectivity index (χ2v) is 19.4. The first kappa shape index (κ1) is 38.5. The minimum atomic E-state index is -3.84. The Balaban J connectivity index is 1.23. The summed E-state index contributed by atoms with van der Waals surface area (Å²) in [4.78, 5) is 62.7. The van der Waals surface area contributed by atoms with E-state index < -0.39 is 56.7 Å². The summed E-state index contributed by atoms with van der Waals surface area (Å²) in [6, 6.07) is 5.20. The third-order valence-corrected chi connectivity index (χ3v) is 14.5. The number of carbonyl (C=O) groups is 4. The van der Waals surface area contributed by atoms with Gasteiger partial charge in [-0.1, -0.05) is 52.5 Å². The highest BCUT2D eigenvalue weighted by Crippen LogP contribution is 2.47. The van der Waals surface area contributed by atoms with Crippen LogP contribution in [0.25, 0.3) is 10.8 Å². The van der Waals surface area contributed by atoms with Crippen molar-refractivity contribution in [3.8, 4) is 5.88 Å². The summed E-state index contributed by atoms with van der Waals surface area (Å²) in [6.07, 6.45) is 10.2. The number of cyclic esters (lactones) is 1. The van der Waals surface area contributed by atoms with Gasteiger partial charge in [-0.25, -0.2) is 13.4 Å². The van der Waals surface area contributed by atoms with Gasteiger partial charge in [-0.2, -0.15) is 0 Å². The Morgan fingerprint density at radius 3 is 2.52 bits per heavy atom. The topological polar surface area (TPSA) is 161 Å². The van der Waals surface area contributed by atoms with Gasteiger partial charge in [0.25, 0.3) is 5.91 Å². The van der Waals surface area contributed by atoms with Crippen molar-refractivity contribution >= 4 is 44.5 Å². The van der Waals surface area contributed by atoms with Crippen molar-refractivity contribution < 1.29 is 37.1 Å². The molecule has 3 amide bonds. The van der Waals surface area contributed by atoms with Crippen LogP contribution in [0.3, 0.4) is 0 Å². The maximum Gasteiger partial charge on any atom is 0.306 e. The summed E-state index contributed by atoms with van der Waals surface area (Å²) in [5, 5.41) is 4.19. The summed E-state index contributed by atoms with van der Waals surface area (Å²) in [5.74, 6) is -2.53. The number of aryl methyl sites for hydroxylation is 2. The third-order valence-electron chi connectivity index (χ3n) is 12.7. The lowest BCUT2D eigenvalue weighted by atomic mass is 9.77. The van der Waals surface area contributed by atoms with Gasteiger partial charge in [0, 0.05) is 18.0 Å². The summed E-state index contributed by atoms with van der Waals surface area (Å²) in [7, 11) is -3.84. The minimum Gasteiger partial charge on any atom is -0.472 e. The molecule has 54 heavy (non-hydrogen) atoms. The molecule has 0 unspecified atom stereocenters. The summed E-state index contributed by atoms with van der Waals surface area (Å²) in [6.45, 7) is 8.51. The molecule has 0 spiro atoms. The first-order chi connectivity index (χ1) is 25.7. The Hall–Kier alpha value is -3.74. The highest BCUT2D eigenvalue weighted by molar-refractivity contribution is 7.91. The molecule has 7 rings (SSSR count). The largest absolute Gasteiger partial charge is 0.472 e. The van der Waals surface area contributed by atoms with E-state index in [4.69, 9.17) is 9.47 Å². The van der Waals surface area contributed by atoms with Gasteiger partial charge in [0.2, 0.25) is 27.7 Å². The Labute approximate surface area is 318 Å². The molecule has 2 N–H and O–H groups in total. The smallest absolute Gasteiger partial charge is 0.306 e. The van der Waals surface area contributed by atoms with Crippen LogP contribution in [-0.2, 0) is 40.4 Å². The number of esters is 1. The molecule has 294 valence electrons. The third kappa shape index (κ3) is 8.11. The predicted octanol–water partition coefficient (Wildman–Crippen LogP) is 5.28. The maximum atomic E-state index is 14.9. The number of ether oxygens (including phenoxy) is 2. The number of fused-ring (bicyclic) bond motifs is 3. The van der Waals surface area contributed by atoms with E-state index in [1.807, 2.05) is 13.0 Å². The van der Waals surface area contributed by atoms with Crippen molar-refractivity contribution in [2.75, 3.05) is 13.2 Å². The SMILES string of the molecule is CC[C@@H]1C[C@]1(NC(=O)[C@@H]1C[C@@H]2CN1C(=O)[C@H](C1CCCCC1)CC(=O)OCC(C)(C)CCCc1cc3c(nccc3cc1C)O2)C(=O)NS(=O)(=O)C1CC1.